The number of hydrogen-bond donors (Lipinski definition) is 0. The predicted octanol–water partition coefficient (Wildman–Crippen LogP) is 3.71. The Morgan fingerprint density at radius 2 is 2.00 bits per heavy atom. The smallest absolute Gasteiger partial charge is 0.334 e. The maximum atomic E-state index is 11.4. The van der Waals surface area contributed by atoms with E-state index in [1.54, 1.807) is 24.3 Å². The lowest BCUT2D eigenvalue weighted by molar-refractivity contribution is -0.138. The summed E-state index contributed by atoms with van der Waals surface area (Å²) in [5.41, 5.74) is 1.29. The van der Waals surface area contributed by atoms with E-state index in [2.05, 4.69) is 0 Å². The van der Waals surface area contributed by atoms with Gasteiger partial charge in [0.15, 0.2) is 0 Å². The number of carbonyl (C=O) groups excluding carboxylic acids is 1. The first-order chi connectivity index (χ1) is 7.58. The fourth-order valence-corrected chi connectivity index (χ4v) is 2.14. The predicted molar refractivity (Wildman–Crippen MR) is 64.6 cm³/mol. The summed E-state index contributed by atoms with van der Waals surface area (Å²) in [5, 5.41) is 1.07. The topological polar surface area (TPSA) is 26.3 Å². The molecule has 0 aliphatic carbocycles. The molecule has 16 heavy (non-hydrogen) atoms. The van der Waals surface area contributed by atoms with E-state index in [0.717, 1.165) is 0 Å². The van der Waals surface area contributed by atoms with Gasteiger partial charge in [0.2, 0.25) is 0 Å². The highest BCUT2D eigenvalue weighted by molar-refractivity contribution is 6.37. The maximum absolute atomic E-state index is 11.4. The average molecular weight is 257 g/mol. The zero-order valence-electron chi connectivity index (χ0n) is 8.67. The van der Waals surface area contributed by atoms with Gasteiger partial charge in [0.05, 0.1) is 0 Å². The van der Waals surface area contributed by atoms with E-state index in [9.17, 15) is 4.79 Å². The molecular weight excluding hydrogens is 247 g/mol. The van der Waals surface area contributed by atoms with Gasteiger partial charge in [-0.3, -0.25) is 0 Å². The van der Waals surface area contributed by atoms with Crippen molar-refractivity contribution in [1.82, 2.24) is 0 Å². The zero-order valence-corrected chi connectivity index (χ0v) is 10.2. The monoisotopic (exact) mass is 256 g/mol. The van der Waals surface area contributed by atoms with Crippen molar-refractivity contribution in [3.8, 4) is 0 Å². The zero-order chi connectivity index (χ0) is 11.7. The fraction of sp³-hybridized carbons (Fsp3) is 0.250. The third-order valence-corrected chi connectivity index (χ3v) is 3.06. The van der Waals surface area contributed by atoms with Crippen molar-refractivity contribution in [2.75, 3.05) is 0 Å². The third kappa shape index (κ3) is 2.23. The summed E-state index contributed by atoms with van der Waals surface area (Å²) in [4.78, 5) is 11.4. The Morgan fingerprint density at radius 1 is 1.38 bits per heavy atom. The fourth-order valence-electron chi connectivity index (χ4n) is 1.63. The first-order valence-electron chi connectivity index (χ1n) is 4.93. The molecule has 4 heteroatoms. The number of rotatable bonds is 1. The Hall–Kier alpha value is -0.990. The van der Waals surface area contributed by atoms with Crippen LogP contribution in [0.1, 0.15) is 18.9 Å². The highest BCUT2D eigenvalue weighted by Gasteiger charge is 2.25. The number of halogens is 2. The van der Waals surface area contributed by atoms with E-state index < -0.39 is 0 Å². The molecule has 1 aromatic carbocycles. The summed E-state index contributed by atoms with van der Waals surface area (Å²) < 4.78 is 5.03. The minimum Gasteiger partial charge on any atom is -0.459 e. The second kappa shape index (κ2) is 4.48. The molecule has 0 aromatic heterocycles. The van der Waals surface area contributed by atoms with Gasteiger partial charge in [0.1, 0.15) is 6.10 Å². The van der Waals surface area contributed by atoms with Crippen molar-refractivity contribution in [2.45, 2.75) is 19.4 Å². The number of ether oxygens (including phenoxy) is 1. The van der Waals surface area contributed by atoms with Crippen molar-refractivity contribution < 1.29 is 9.53 Å². The number of cyclic esters (lactones) is 1. The minimum absolute atomic E-state index is 0.0694. The van der Waals surface area contributed by atoms with Crippen LogP contribution in [0.25, 0.3) is 6.08 Å². The van der Waals surface area contributed by atoms with Crippen molar-refractivity contribution >= 4 is 35.2 Å². The molecule has 0 bridgehead atoms. The van der Waals surface area contributed by atoms with Gasteiger partial charge < -0.3 is 4.74 Å². The molecule has 1 unspecified atom stereocenters. The van der Waals surface area contributed by atoms with Gasteiger partial charge in [-0.15, -0.1) is 0 Å². The molecule has 84 valence electrons. The van der Waals surface area contributed by atoms with E-state index in [4.69, 9.17) is 27.9 Å². The van der Waals surface area contributed by atoms with Crippen molar-refractivity contribution in [3.63, 3.8) is 0 Å². The molecular formula is C12H10Cl2O2. The van der Waals surface area contributed by atoms with Crippen LogP contribution in [0.3, 0.4) is 0 Å². The molecule has 1 saturated heterocycles. The van der Waals surface area contributed by atoms with E-state index in [1.165, 1.54) is 0 Å². The molecule has 1 aliphatic heterocycles. The Morgan fingerprint density at radius 3 is 2.50 bits per heavy atom. The molecule has 0 radical (unpaired) electrons. The lowest BCUT2D eigenvalue weighted by atomic mass is 10.1. The van der Waals surface area contributed by atoms with Crippen LogP contribution < -0.4 is 0 Å². The van der Waals surface area contributed by atoms with Gasteiger partial charge in [-0.05, 0) is 25.1 Å². The number of esters is 1. The number of carbonyl (C=O) groups is 1. The van der Waals surface area contributed by atoms with Crippen LogP contribution in [0, 0.1) is 0 Å². The number of hydrogen-bond acceptors (Lipinski definition) is 2. The first kappa shape index (κ1) is 11.5. The minimum atomic E-state index is -0.288. The highest BCUT2D eigenvalue weighted by Crippen LogP contribution is 2.30. The van der Waals surface area contributed by atoms with Crippen LogP contribution in [0.5, 0.6) is 0 Å². The van der Waals surface area contributed by atoms with Crippen LogP contribution in [0.4, 0.5) is 0 Å². The molecule has 1 fully saturated rings. The van der Waals surface area contributed by atoms with Gasteiger partial charge in [0, 0.05) is 27.6 Å². The Balaban J connectivity index is 2.40. The standard InChI is InChI=1S/C12H10Cl2O2/c1-7-5-8(12(15)16-7)6-9-10(13)3-2-4-11(9)14/h2-4,6-7H,5H2,1H3. The lowest BCUT2D eigenvalue weighted by Gasteiger charge is -2.01. The van der Waals surface area contributed by atoms with E-state index in [0.29, 0.717) is 27.6 Å². The van der Waals surface area contributed by atoms with Crippen LogP contribution in [0.2, 0.25) is 10.0 Å². The molecule has 2 rings (SSSR count). The highest BCUT2D eigenvalue weighted by atomic mass is 35.5. The molecule has 2 nitrogen and oxygen atoms in total. The van der Waals surface area contributed by atoms with E-state index in [1.807, 2.05) is 6.92 Å². The van der Waals surface area contributed by atoms with Gasteiger partial charge >= 0.3 is 5.97 Å². The van der Waals surface area contributed by atoms with Gasteiger partial charge in [-0.1, -0.05) is 29.3 Å². The number of benzene rings is 1. The molecule has 1 heterocycles. The average Bonchev–Trinajstić information content (AvgIpc) is 2.51. The lowest BCUT2D eigenvalue weighted by Crippen LogP contribution is -1.99. The first-order valence-corrected chi connectivity index (χ1v) is 5.69. The summed E-state index contributed by atoms with van der Waals surface area (Å²) in [6, 6.07) is 5.25. The van der Waals surface area contributed by atoms with E-state index in [-0.39, 0.29) is 12.1 Å². The van der Waals surface area contributed by atoms with Crippen LogP contribution in [-0.2, 0) is 9.53 Å². The SMILES string of the molecule is CC1CC(=Cc2c(Cl)cccc2Cl)C(=O)O1. The van der Waals surface area contributed by atoms with Crippen LogP contribution in [0.15, 0.2) is 23.8 Å². The van der Waals surface area contributed by atoms with Crippen molar-refractivity contribution in [2.24, 2.45) is 0 Å². The Kier molecular flexibility index (Phi) is 3.22. The van der Waals surface area contributed by atoms with Crippen LogP contribution in [-0.4, -0.2) is 12.1 Å². The Bertz CT molecular complexity index is 446. The molecule has 1 aliphatic rings. The summed E-state index contributed by atoms with van der Waals surface area (Å²) in [7, 11) is 0. The van der Waals surface area contributed by atoms with Gasteiger partial charge in [-0.2, -0.15) is 0 Å². The maximum Gasteiger partial charge on any atom is 0.334 e. The molecule has 1 aromatic rings. The molecule has 0 N–H and O–H groups in total. The summed E-state index contributed by atoms with van der Waals surface area (Å²) in [5.74, 6) is -0.288. The molecule has 0 amide bonds. The normalized spacial score (nSPS) is 22.6. The molecule has 1 atom stereocenters. The van der Waals surface area contributed by atoms with E-state index >= 15 is 0 Å². The third-order valence-electron chi connectivity index (χ3n) is 2.40. The largest absolute Gasteiger partial charge is 0.459 e. The summed E-state index contributed by atoms with van der Waals surface area (Å²) in [6.45, 7) is 1.85. The Labute approximate surface area is 104 Å². The van der Waals surface area contributed by atoms with Gasteiger partial charge in [0.25, 0.3) is 0 Å². The van der Waals surface area contributed by atoms with Crippen molar-refractivity contribution in [1.29, 1.82) is 0 Å². The quantitative estimate of drug-likeness (QED) is 0.566. The van der Waals surface area contributed by atoms with Crippen molar-refractivity contribution in [3.05, 3.63) is 39.4 Å². The second-order valence-corrected chi connectivity index (χ2v) is 4.54. The summed E-state index contributed by atoms with van der Waals surface area (Å²) in [6.07, 6.45) is 2.23. The summed E-state index contributed by atoms with van der Waals surface area (Å²) >= 11 is 12.0. The molecule has 0 saturated carbocycles. The molecule has 0 spiro atoms. The second-order valence-electron chi connectivity index (χ2n) is 3.72. The van der Waals surface area contributed by atoms with Crippen LogP contribution >= 0.6 is 23.2 Å². The van der Waals surface area contributed by atoms with Gasteiger partial charge in [-0.25, -0.2) is 4.79 Å².